The summed E-state index contributed by atoms with van der Waals surface area (Å²) >= 11 is 1.39. The number of benzene rings is 1. The average molecular weight is 388 g/mol. The van der Waals surface area contributed by atoms with E-state index in [0.29, 0.717) is 0 Å². The molecule has 3 rings (SSSR count). The molecule has 1 aromatic heterocycles. The first-order valence-electron chi connectivity index (χ1n) is 8.95. The summed E-state index contributed by atoms with van der Waals surface area (Å²) in [6.45, 7) is 8.14. The summed E-state index contributed by atoms with van der Waals surface area (Å²) in [5.41, 5.74) is 1.18. The molecule has 27 heavy (non-hydrogen) atoms. The van der Waals surface area contributed by atoms with Crippen LogP contribution in [0.4, 0.5) is 5.69 Å². The van der Waals surface area contributed by atoms with Crippen molar-refractivity contribution in [2.75, 3.05) is 0 Å². The molecule has 0 saturated heterocycles. The van der Waals surface area contributed by atoms with Crippen LogP contribution in [0.2, 0.25) is 0 Å². The zero-order chi connectivity index (χ0) is 19.8. The van der Waals surface area contributed by atoms with E-state index in [1.807, 2.05) is 19.9 Å². The average Bonchev–Trinajstić information content (AvgIpc) is 2.94. The number of fused-ring (bicyclic) bond motifs is 1. The zero-order valence-electron chi connectivity index (χ0n) is 15.9. The third-order valence-electron chi connectivity index (χ3n) is 4.78. The molecular weight excluding hydrogens is 364 g/mol. The molecule has 6 nitrogen and oxygen atoms in total. The van der Waals surface area contributed by atoms with E-state index in [9.17, 15) is 14.9 Å². The van der Waals surface area contributed by atoms with Crippen LogP contribution in [0.1, 0.15) is 50.3 Å². The van der Waals surface area contributed by atoms with Crippen LogP contribution in [0.25, 0.3) is 0 Å². The minimum absolute atomic E-state index is 0.0451. The van der Waals surface area contributed by atoms with Crippen molar-refractivity contribution < 1.29 is 14.1 Å². The summed E-state index contributed by atoms with van der Waals surface area (Å²) in [5, 5.41) is 13.6. The van der Waals surface area contributed by atoms with Gasteiger partial charge >= 0.3 is 0 Å². The molecule has 0 unspecified atom stereocenters. The quantitative estimate of drug-likeness (QED) is 0.451. The molecule has 2 aromatic rings. The number of thioether (sulfide) groups is 1. The lowest BCUT2D eigenvalue weighted by atomic mass is 9.74. The maximum absolute atomic E-state index is 12.7. The van der Waals surface area contributed by atoms with Crippen LogP contribution in [0.5, 0.6) is 0 Å². The number of nitrogens with one attached hydrogen (secondary N) is 1. The first kappa shape index (κ1) is 19.5. The van der Waals surface area contributed by atoms with E-state index in [4.69, 9.17) is 4.42 Å². The van der Waals surface area contributed by atoms with Crippen LogP contribution in [-0.2, 0) is 11.2 Å². The number of hydrogen-bond acceptors (Lipinski definition) is 5. The monoisotopic (exact) mass is 388 g/mol. The minimum atomic E-state index is -0.431. The first-order valence-corrected chi connectivity index (χ1v) is 9.83. The molecule has 1 aromatic carbocycles. The lowest BCUT2D eigenvalue weighted by molar-refractivity contribution is -0.384. The minimum Gasteiger partial charge on any atom is -0.466 e. The van der Waals surface area contributed by atoms with Crippen molar-refractivity contribution in [1.82, 2.24) is 5.32 Å². The van der Waals surface area contributed by atoms with Gasteiger partial charge in [-0.15, -0.1) is 11.8 Å². The largest absolute Gasteiger partial charge is 0.466 e. The third kappa shape index (κ3) is 4.53. The number of carbonyl (C=O) groups is 1. The van der Waals surface area contributed by atoms with Crippen LogP contribution in [0.15, 0.2) is 39.6 Å². The van der Waals surface area contributed by atoms with Gasteiger partial charge in [0.25, 0.3) is 5.69 Å². The first-order chi connectivity index (χ1) is 12.6. The summed E-state index contributed by atoms with van der Waals surface area (Å²) < 4.78 is 5.83. The van der Waals surface area contributed by atoms with E-state index in [0.717, 1.165) is 34.8 Å². The highest BCUT2D eigenvalue weighted by molar-refractivity contribution is 8.00. The van der Waals surface area contributed by atoms with Gasteiger partial charge in [0, 0.05) is 29.0 Å². The van der Waals surface area contributed by atoms with Gasteiger partial charge in [-0.1, -0.05) is 13.8 Å². The van der Waals surface area contributed by atoms with Gasteiger partial charge in [0.05, 0.1) is 16.2 Å². The molecule has 2 atom stereocenters. The van der Waals surface area contributed by atoms with Gasteiger partial charge < -0.3 is 9.73 Å². The molecule has 7 heteroatoms. The van der Waals surface area contributed by atoms with E-state index in [1.165, 1.54) is 23.9 Å². The highest BCUT2D eigenvalue weighted by Gasteiger charge is 2.36. The van der Waals surface area contributed by atoms with Crippen molar-refractivity contribution in [1.29, 1.82) is 0 Å². The highest BCUT2D eigenvalue weighted by atomic mass is 32.2. The van der Waals surface area contributed by atoms with Gasteiger partial charge in [0.1, 0.15) is 11.5 Å². The lowest BCUT2D eigenvalue weighted by Gasteiger charge is -2.35. The van der Waals surface area contributed by atoms with Crippen LogP contribution < -0.4 is 5.32 Å². The van der Waals surface area contributed by atoms with Crippen LogP contribution in [0.3, 0.4) is 0 Å². The number of aryl methyl sites for hydroxylation is 1. The zero-order valence-corrected chi connectivity index (χ0v) is 16.8. The van der Waals surface area contributed by atoms with Crippen molar-refractivity contribution in [2.45, 2.75) is 56.7 Å². The molecule has 1 amide bonds. The van der Waals surface area contributed by atoms with Crippen LogP contribution >= 0.6 is 11.8 Å². The predicted molar refractivity (Wildman–Crippen MR) is 105 cm³/mol. The molecular formula is C20H24N2O4S. The molecule has 0 aliphatic heterocycles. The molecule has 0 fully saturated rings. The second-order valence-electron chi connectivity index (χ2n) is 7.85. The van der Waals surface area contributed by atoms with Crippen molar-refractivity contribution in [3.8, 4) is 0 Å². The fourth-order valence-electron chi connectivity index (χ4n) is 3.51. The van der Waals surface area contributed by atoms with Crippen LogP contribution in [0, 0.1) is 22.5 Å². The topological polar surface area (TPSA) is 85.4 Å². The Labute approximate surface area is 162 Å². The van der Waals surface area contributed by atoms with Gasteiger partial charge in [-0.2, -0.15) is 0 Å². The maximum Gasteiger partial charge on any atom is 0.269 e. The molecule has 0 bridgehead atoms. The second kappa shape index (κ2) is 7.38. The van der Waals surface area contributed by atoms with Gasteiger partial charge in [-0.3, -0.25) is 14.9 Å². The van der Waals surface area contributed by atoms with Gasteiger partial charge in [-0.05, 0) is 43.9 Å². The second-order valence-corrected chi connectivity index (χ2v) is 9.27. The number of non-ortho nitro benzene ring substituents is 1. The van der Waals surface area contributed by atoms with E-state index in [-0.39, 0.29) is 28.3 Å². The summed E-state index contributed by atoms with van der Waals surface area (Å²) in [5.74, 6) is 1.78. The van der Waals surface area contributed by atoms with E-state index >= 15 is 0 Å². The van der Waals surface area contributed by atoms with Crippen molar-refractivity contribution in [2.24, 2.45) is 5.41 Å². The standard InChI is InChI=1S/C20H24N2O4S/c1-12-9-16-17(10-20(3,4)11-18(16)26-12)21-19(23)13(2)27-15-7-5-14(6-8-15)22(24)25/h5-9,13,17H,10-11H2,1-4H3,(H,21,23)/t13-,17-/m1/s1. The lowest BCUT2D eigenvalue weighted by Crippen LogP contribution is -2.39. The Morgan fingerprint density at radius 1 is 1.37 bits per heavy atom. The van der Waals surface area contributed by atoms with Gasteiger partial charge in [0.15, 0.2) is 0 Å². The number of hydrogen-bond donors (Lipinski definition) is 1. The molecule has 1 aliphatic rings. The normalized spacial score (nSPS) is 19.2. The Hall–Kier alpha value is -2.28. The summed E-state index contributed by atoms with van der Waals surface area (Å²) in [4.78, 5) is 23.9. The number of amides is 1. The Bertz CT molecular complexity index is 857. The molecule has 0 radical (unpaired) electrons. The Kier molecular flexibility index (Phi) is 5.33. The van der Waals surface area contributed by atoms with Gasteiger partial charge in [0.2, 0.25) is 5.91 Å². The van der Waals surface area contributed by atoms with Crippen molar-refractivity contribution in [3.05, 3.63) is 57.5 Å². The Morgan fingerprint density at radius 3 is 2.67 bits per heavy atom. The summed E-state index contributed by atoms with van der Waals surface area (Å²) in [6.07, 6.45) is 1.73. The molecule has 1 heterocycles. The maximum atomic E-state index is 12.7. The number of rotatable bonds is 5. The fourth-order valence-corrected chi connectivity index (χ4v) is 4.38. The Morgan fingerprint density at radius 2 is 2.04 bits per heavy atom. The van der Waals surface area contributed by atoms with Gasteiger partial charge in [-0.25, -0.2) is 0 Å². The van der Waals surface area contributed by atoms with E-state index in [2.05, 4.69) is 19.2 Å². The number of furan rings is 1. The molecule has 144 valence electrons. The molecule has 1 aliphatic carbocycles. The fraction of sp³-hybridized carbons (Fsp3) is 0.450. The Balaban J connectivity index is 1.68. The summed E-state index contributed by atoms with van der Waals surface area (Å²) in [7, 11) is 0. The SMILES string of the molecule is Cc1cc2c(o1)CC(C)(C)C[C@H]2NC(=O)[C@@H](C)Sc1ccc([N+](=O)[O-])cc1. The molecule has 0 saturated carbocycles. The molecule has 1 N–H and O–H groups in total. The highest BCUT2D eigenvalue weighted by Crippen LogP contribution is 2.42. The predicted octanol–water partition coefficient (Wildman–Crippen LogP) is 4.81. The third-order valence-corrected chi connectivity index (χ3v) is 5.89. The van der Waals surface area contributed by atoms with Crippen molar-refractivity contribution in [3.63, 3.8) is 0 Å². The summed E-state index contributed by atoms with van der Waals surface area (Å²) in [6, 6.07) is 8.22. The number of carbonyl (C=O) groups excluding carboxylic acids is 1. The smallest absolute Gasteiger partial charge is 0.269 e. The van der Waals surface area contributed by atoms with E-state index in [1.54, 1.807) is 12.1 Å². The van der Waals surface area contributed by atoms with E-state index < -0.39 is 4.92 Å². The number of nitro groups is 1. The van der Waals surface area contributed by atoms with Crippen LogP contribution in [-0.4, -0.2) is 16.1 Å². The number of nitrogens with zero attached hydrogens (tertiary/aromatic N) is 1. The molecule has 0 spiro atoms. The van der Waals surface area contributed by atoms with Crippen molar-refractivity contribution >= 4 is 23.4 Å². The number of nitro benzene ring substituents is 1.